The molecule has 2 atom stereocenters. The molecule has 0 rings (SSSR count). The van der Waals surface area contributed by atoms with Gasteiger partial charge in [0.05, 0.1) is 0 Å². The van der Waals surface area contributed by atoms with E-state index in [0.717, 1.165) is 17.7 Å². The molecule has 0 spiro atoms. The van der Waals surface area contributed by atoms with Gasteiger partial charge in [-0.1, -0.05) is 33.6 Å². The molecular weight excluding hydrogens is 168 g/mol. The summed E-state index contributed by atoms with van der Waals surface area (Å²) in [5.74, 6) is 2.59. The molecule has 0 saturated heterocycles. The molecule has 12 heavy (non-hydrogen) atoms. The molecule has 0 radical (unpaired) electrons. The van der Waals surface area contributed by atoms with Crippen LogP contribution in [0.5, 0.6) is 0 Å². The zero-order valence-electron chi connectivity index (χ0n) is 8.78. The van der Waals surface area contributed by atoms with E-state index in [4.69, 9.17) is 11.6 Å². The lowest BCUT2D eigenvalue weighted by Gasteiger charge is -2.15. The molecule has 0 aromatic rings. The van der Waals surface area contributed by atoms with Gasteiger partial charge in [-0.25, -0.2) is 0 Å². The molecule has 0 heterocycles. The number of hydrogen-bond donors (Lipinski definition) is 0. The summed E-state index contributed by atoms with van der Waals surface area (Å²) in [5, 5.41) is 0. The highest BCUT2D eigenvalue weighted by atomic mass is 35.5. The number of alkyl halides is 1. The van der Waals surface area contributed by atoms with Crippen LogP contribution in [0.2, 0.25) is 0 Å². The lowest BCUT2D eigenvalue weighted by Crippen LogP contribution is -2.03. The van der Waals surface area contributed by atoms with Gasteiger partial charge in [-0.15, -0.1) is 11.6 Å². The average Bonchev–Trinajstić information content (AvgIpc) is 2.01. The summed E-state index contributed by atoms with van der Waals surface area (Å²) in [4.78, 5) is 0. The first-order valence-corrected chi connectivity index (χ1v) is 5.80. The van der Waals surface area contributed by atoms with Gasteiger partial charge in [0, 0.05) is 5.88 Å². The molecule has 0 aromatic heterocycles. The van der Waals surface area contributed by atoms with Gasteiger partial charge in [-0.3, -0.25) is 0 Å². The second-order valence-electron chi connectivity index (χ2n) is 4.07. The standard InChI is InChI=1S/C11H23Cl/c1-4-6-10(2)9-11(3)7-5-8-12/h10-11H,4-9H2,1-3H3. The van der Waals surface area contributed by atoms with Crippen molar-refractivity contribution in [2.45, 2.75) is 52.9 Å². The maximum Gasteiger partial charge on any atom is 0.0223 e. The van der Waals surface area contributed by atoms with Crippen LogP contribution in [-0.2, 0) is 0 Å². The molecule has 0 aromatic carbocycles. The van der Waals surface area contributed by atoms with Crippen LogP contribution in [0, 0.1) is 11.8 Å². The van der Waals surface area contributed by atoms with Crippen molar-refractivity contribution < 1.29 is 0 Å². The number of rotatable bonds is 7. The Hall–Kier alpha value is 0.290. The first kappa shape index (κ1) is 12.3. The Bertz CT molecular complexity index is 91.0. The molecule has 0 bridgehead atoms. The predicted molar refractivity (Wildman–Crippen MR) is 57.8 cm³/mol. The summed E-state index contributed by atoms with van der Waals surface area (Å²) in [5.41, 5.74) is 0. The molecule has 0 amide bonds. The third-order valence-electron chi connectivity index (χ3n) is 2.42. The lowest BCUT2D eigenvalue weighted by molar-refractivity contribution is 0.373. The Balaban J connectivity index is 3.33. The molecule has 1 heteroatoms. The van der Waals surface area contributed by atoms with E-state index in [2.05, 4.69) is 20.8 Å². The quantitative estimate of drug-likeness (QED) is 0.520. The van der Waals surface area contributed by atoms with Crippen LogP contribution in [0.15, 0.2) is 0 Å². The minimum absolute atomic E-state index is 0.826. The molecule has 0 saturated carbocycles. The van der Waals surface area contributed by atoms with Crippen LogP contribution < -0.4 is 0 Å². The SMILES string of the molecule is CCCC(C)CC(C)CCCCl. The Labute approximate surface area is 82.7 Å². The van der Waals surface area contributed by atoms with Crippen LogP contribution in [0.1, 0.15) is 52.9 Å². The topological polar surface area (TPSA) is 0 Å². The lowest BCUT2D eigenvalue weighted by atomic mass is 9.91. The van der Waals surface area contributed by atoms with Crippen molar-refractivity contribution in [3.8, 4) is 0 Å². The van der Waals surface area contributed by atoms with Gasteiger partial charge >= 0.3 is 0 Å². The first-order chi connectivity index (χ1) is 5.70. The van der Waals surface area contributed by atoms with Gasteiger partial charge in [-0.2, -0.15) is 0 Å². The molecule has 2 unspecified atom stereocenters. The fraction of sp³-hybridized carbons (Fsp3) is 1.00. The monoisotopic (exact) mass is 190 g/mol. The van der Waals surface area contributed by atoms with E-state index in [1.54, 1.807) is 0 Å². The van der Waals surface area contributed by atoms with Gasteiger partial charge < -0.3 is 0 Å². The minimum atomic E-state index is 0.826. The molecule has 0 fully saturated rings. The van der Waals surface area contributed by atoms with Crippen molar-refractivity contribution >= 4 is 11.6 Å². The molecule has 0 nitrogen and oxygen atoms in total. The Kier molecular flexibility index (Phi) is 8.11. The van der Waals surface area contributed by atoms with Crippen molar-refractivity contribution in [1.82, 2.24) is 0 Å². The third kappa shape index (κ3) is 6.97. The summed E-state index contributed by atoms with van der Waals surface area (Å²) in [7, 11) is 0. The van der Waals surface area contributed by atoms with Gasteiger partial charge in [0.1, 0.15) is 0 Å². The summed E-state index contributed by atoms with van der Waals surface area (Å²) in [6, 6.07) is 0. The molecule has 0 aliphatic heterocycles. The fourth-order valence-electron chi connectivity index (χ4n) is 1.84. The summed E-state index contributed by atoms with van der Waals surface area (Å²) < 4.78 is 0. The highest BCUT2D eigenvalue weighted by Gasteiger charge is 2.07. The second-order valence-corrected chi connectivity index (χ2v) is 4.44. The van der Waals surface area contributed by atoms with E-state index in [1.165, 1.54) is 32.1 Å². The second kappa shape index (κ2) is 7.91. The number of hydrogen-bond acceptors (Lipinski definition) is 0. The van der Waals surface area contributed by atoms with Crippen molar-refractivity contribution in [3.63, 3.8) is 0 Å². The van der Waals surface area contributed by atoms with Crippen LogP contribution in [0.25, 0.3) is 0 Å². The van der Waals surface area contributed by atoms with E-state index in [0.29, 0.717) is 0 Å². The summed E-state index contributed by atoms with van der Waals surface area (Å²) >= 11 is 5.64. The average molecular weight is 191 g/mol. The van der Waals surface area contributed by atoms with Crippen LogP contribution in [0.3, 0.4) is 0 Å². The maximum absolute atomic E-state index is 5.64. The smallest absolute Gasteiger partial charge is 0.0223 e. The van der Waals surface area contributed by atoms with Crippen LogP contribution >= 0.6 is 11.6 Å². The van der Waals surface area contributed by atoms with Crippen molar-refractivity contribution in [3.05, 3.63) is 0 Å². The molecule has 0 N–H and O–H groups in total. The van der Waals surface area contributed by atoms with E-state index < -0.39 is 0 Å². The molecular formula is C11H23Cl. The summed E-state index contributed by atoms with van der Waals surface area (Å²) in [6.07, 6.45) is 6.57. The molecule has 0 aliphatic carbocycles. The van der Waals surface area contributed by atoms with Gasteiger partial charge in [0.25, 0.3) is 0 Å². The van der Waals surface area contributed by atoms with E-state index in [-0.39, 0.29) is 0 Å². The van der Waals surface area contributed by atoms with E-state index in [9.17, 15) is 0 Å². The largest absolute Gasteiger partial charge is 0.127 e. The zero-order valence-corrected chi connectivity index (χ0v) is 9.53. The maximum atomic E-state index is 5.64. The predicted octanol–water partition coefficient (Wildman–Crippen LogP) is 4.47. The van der Waals surface area contributed by atoms with Gasteiger partial charge in [-0.05, 0) is 31.1 Å². The number of halogens is 1. The Morgan fingerprint density at radius 2 is 1.67 bits per heavy atom. The van der Waals surface area contributed by atoms with Crippen LogP contribution in [0.4, 0.5) is 0 Å². The minimum Gasteiger partial charge on any atom is -0.127 e. The van der Waals surface area contributed by atoms with Gasteiger partial charge in [0.15, 0.2) is 0 Å². The van der Waals surface area contributed by atoms with Crippen molar-refractivity contribution in [2.75, 3.05) is 5.88 Å². The van der Waals surface area contributed by atoms with Crippen LogP contribution in [-0.4, -0.2) is 5.88 Å². The molecule has 74 valence electrons. The van der Waals surface area contributed by atoms with Gasteiger partial charge in [0.2, 0.25) is 0 Å². The third-order valence-corrected chi connectivity index (χ3v) is 2.68. The highest BCUT2D eigenvalue weighted by Crippen LogP contribution is 2.20. The van der Waals surface area contributed by atoms with Crippen molar-refractivity contribution in [1.29, 1.82) is 0 Å². The summed E-state index contributed by atoms with van der Waals surface area (Å²) in [6.45, 7) is 6.97. The Morgan fingerprint density at radius 3 is 2.17 bits per heavy atom. The molecule has 0 aliphatic rings. The van der Waals surface area contributed by atoms with E-state index in [1.807, 2.05) is 0 Å². The highest BCUT2D eigenvalue weighted by molar-refractivity contribution is 6.17. The Morgan fingerprint density at radius 1 is 1.08 bits per heavy atom. The normalized spacial score (nSPS) is 16.0. The van der Waals surface area contributed by atoms with E-state index >= 15 is 0 Å². The van der Waals surface area contributed by atoms with Crippen molar-refractivity contribution in [2.24, 2.45) is 11.8 Å². The fourth-order valence-corrected chi connectivity index (χ4v) is 2.00. The first-order valence-electron chi connectivity index (χ1n) is 5.26. The zero-order chi connectivity index (χ0) is 9.40.